The second kappa shape index (κ2) is 2.94. The smallest absolute Gasteiger partial charge is 0.158 e. The van der Waals surface area contributed by atoms with E-state index in [1.54, 1.807) is 4.68 Å². The zero-order valence-electron chi connectivity index (χ0n) is 6.77. The first kappa shape index (κ1) is 7.29. The van der Waals surface area contributed by atoms with Gasteiger partial charge in [-0.1, -0.05) is 11.6 Å². The largest absolute Gasteiger partial charge is 0.234 e. The van der Waals surface area contributed by atoms with Gasteiger partial charge in [-0.2, -0.15) is 5.26 Å². The minimum Gasteiger partial charge on any atom is -0.234 e. The predicted molar refractivity (Wildman–Crippen MR) is 42.1 cm³/mol. The van der Waals surface area contributed by atoms with Gasteiger partial charge in [0.1, 0.15) is 6.07 Å². The summed E-state index contributed by atoms with van der Waals surface area (Å²) in [5, 5.41) is 16.2. The Kier molecular flexibility index (Phi) is 1.78. The monoisotopic (exact) mass is 162 g/mol. The molecule has 0 saturated heterocycles. The standard InChI is InChI=1S/C8H10N4/c9-4-8-5-10-11-12(8)6-7-2-1-3-7/h5,7H,1-3,6H2. The van der Waals surface area contributed by atoms with Crippen LogP contribution in [0.1, 0.15) is 25.0 Å². The molecule has 1 aliphatic rings. The van der Waals surface area contributed by atoms with Gasteiger partial charge in [-0.15, -0.1) is 5.10 Å². The number of nitrogens with zero attached hydrogens (tertiary/aromatic N) is 4. The molecule has 4 heteroatoms. The maximum Gasteiger partial charge on any atom is 0.158 e. The third kappa shape index (κ3) is 1.18. The quantitative estimate of drug-likeness (QED) is 0.650. The topological polar surface area (TPSA) is 54.5 Å². The molecule has 0 N–H and O–H groups in total. The van der Waals surface area contributed by atoms with E-state index in [4.69, 9.17) is 5.26 Å². The van der Waals surface area contributed by atoms with E-state index in [1.165, 1.54) is 25.5 Å². The van der Waals surface area contributed by atoms with E-state index in [2.05, 4.69) is 16.4 Å². The fourth-order valence-corrected chi connectivity index (χ4v) is 1.40. The van der Waals surface area contributed by atoms with Gasteiger partial charge in [0.25, 0.3) is 0 Å². The van der Waals surface area contributed by atoms with Crippen LogP contribution in [-0.2, 0) is 6.54 Å². The molecule has 1 fully saturated rings. The molecular formula is C8H10N4. The summed E-state index contributed by atoms with van der Waals surface area (Å²) in [4.78, 5) is 0. The van der Waals surface area contributed by atoms with E-state index >= 15 is 0 Å². The molecular weight excluding hydrogens is 152 g/mol. The molecule has 4 nitrogen and oxygen atoms in total. The van der Waals surface area contributed by atoms with Gasteiger partial charge in [-0.05, 0) is 18.8 Å². The molecule has 62 valence electrons. The first-order valence-corrected chi connectivity index (χ1v) is 4.19. The zero-order valence-corrected chi connectivity index (χ0v) is 6.77. The molecule has 12 heavy (non-hydrogen) atoms. The van der Waals surface area contributed by atoms with Gasteiger partial charge >= 0.3 is 0 Å². The lowest BCUT2D eigenvalue weighted by Gasteiger charge is -2.24. The van der Waals surface area contributed by atoms with Crippen LogP contribution < -0.4 is 0 Å². The minimum absolute atomic E-state index is 0.571. The van der Waals surface area contributed by atoms with Crippen LogP contribution in [0.2, 0.25) is 0 Å². The van der Waals surface area contributed by atoms with Crippen LogP contribution >= 0.6 is 0 Å². The third-order valence-electron chi connectivity index (χ3n) is 2.39. The van der Waals surface area contributed by atoms with Gasteiger partial charge in [0.2, 0.25) is 0 Å². The number of aromatic nitrogens is 3. The Morgan fingerprint density at radius 2 is 2.50 bits per heavy atom. The summed E-state index contributed by atoms with van der Waals surface area (Å²) in [7, 11) is 0. The fourth-order valence-electron chi connectivity index (χ4n) is 1.40. The maximum absolute atomic E-state index is 8.66. The second-order valence-corrected chi connectivity index (χ2v) is 3.21. The lowest BCUT2D eigenvalue weighted by atomic mass is 9.85. The molecule has 1 aromatic heterocycles. The molecule has 0 aromatic carbocycles. The molecule has 1 aliphatic carbocycles. The summed E-state index contributed by atoms with van der Waals surface area (Å²) in [5.41, 5.74) is 0.571. The Balaban J connectivity index is 2.06. The molecule has 0 unspecified atom stereocenters. The summed E-state index contributed by atoms with van der Waals surface area (Å²) in [6, 6.07) is 2.07. The van der Waals surface area contributed by atoms with Crippen LogP contribution in [0.3, 0.4) is 0 Å². The van der Waals surface area contributed by atoms with Gasteiger partial charge in [0.15, 0.2) is 5.69 Å². The Morgan fingerprint density at radius 3 is 3.08 bits per heavy atom. The highest BCUT2D eigenvalue weighted by Crippen LogP contribution is 2.27. The Labute approximate surface area is 70.8 Å². The molecule has 1 heterocycles. The fraction of sp³-hybridized carbons (Fsp3) is 0.625. The number of rotatable bonds is 2. The van der Waals surface area contributed by atoms with Gasteiger partial charge in [0.05, 0.1) is 6.20 Å². The maximum atomic E-state index is 8.66. The summed E-state index contributed by atoms with van der Waals surface area (Å²) in [5.74, 6) is 0.721. The number of hydrogen-bond acceptors (Lipinski definition) is 3. The summed E-state index contributed by atoms with van der Waals surface area (Å²) >= 11 is 0. The van der Waals surface area contributed by atoms with Crippen molar-refractivity contribution in [3.05, 3.63) is 11.9 Å². The molecule has 1 saturated carbocycles. The lowest BCUT2D eigenvalue weighted by Crippen LogP contribution is -2.19. The summed E-state index contributed by atoms with van der Waals surface area (Å²) in [6.07, 6.45) is 5.37. The van der Waals surface area contributed by atoms with Crippen LogP contribution in [0.25, 0.3) is 0 Å². The van der Waals surface area contributed by atoms with Crippen molar-refractivity contribution < 1.29 is 0 Å². The van der Waals surface area contributed by atoms with Crippen molar-refractivity contribution in [1.82, 2.24) is 15.0 Å². The van der Waals surface area contributed by atoms with Crippen molar-refractivity contribution >= 4 is 0 Å². The molecule has 0 spiro atoms. The van der Waals surface area contributed by atoms with Crippen LogP contribution in [0, 0.1) is 17.2 Å². The highest BCUT2D eigenvalue weighted by molar-refractivity contribution is 5.14. The van der Waals surface area contributed by atoms with Crippen LogP contribution in [0.4, 0.5) is 0 Å². The minimum atomic E-state index is 0.571. The first-order chi connectivity index (χ1) is 5.90. The average molecular weight is 162 g/mol. The Bertz CT molecular complexity index is 305. The second-order valence-electron chi connectivity index (χ2n) is 3.21. The Morgan fingerprint density at radius 1 is 1.67 bits per heavy atom. The Hall–Kier alpha value is -1.37. The summed E-state index contributed by atoms with van der Waals surface area (Å²) < 4.78 is 1.70. The normalized spacial score (nSPS) is 16.9. The van der Waals surface area contributed by atoms with E-state index in [1.807, 2.05) is 0 Å². The van der Waals surface area contributed by atoms with Crippen molar-refractivity contribution in [2.45, 2.75) is 25.8 Å². The van der Waals surface area contributed by atoms with Crippen molar-refractivity contribution in [3.8, 4) is 6.07 Å². The average Bonchev–Trinajstić information content (AvgIpc) is 2.43. The van der Waals surface area contributed by atoms with Crippen molar-refractivity contribution in [2.75, 3.05) is 0 Å². The van der Waals surface area contributed by atoms with Crippen LogP contribution in [-0.4, -0.2) is 15.0 Å². The lowest BCUT2D eigenvalue weighted by molar-refractivity contribution is 0.263. The number of nitriles is 1. The molecule has 0 bridgehead atoms. The molecule has 0 aliphatic heterocycles. The van der Waals surface area contributed by atoms with E-state index in [0.717, 1.165) is 12.5 Å². The van der Waals surface area contributed by atoms with Crippen LogP contribution in [0.5, 0.6) is 0 Å². The highest BCUT2D eigenvalue weighted by Gasteiger charge is 2.19. The highest BCUT2D eigenvalue weighted by atomic mass is 15.4. The first-order valence-electron chi connectivity index (χ1n) is 4.19. The van der Waals surface area contributed by atoms with E-state index in [9.17, 15) is 0 Å². The van der Waals surface area contributed by atoms with Gasteiger partial charge < -0.3 is 0 Å². The zero-order chi connectivity index (χ0) is 8.39. The SMILES string of the molecule is N#Cc1cnnn1CC1CCC1. The van der Waals surface area contributed by atoms with Crippen molar-refractivity contribution in [2.24, 2.45) is 5.92 Å². The molecule has 0 atom stereocenters. The molecule has 0 radical (unpaired) electrons. The van der Waals surface area contributed by atoms with E-state index in [-0.39, 0.29) is 0 Å². The summed E-state index contributed by atoms with van der Waals surface area (Å²) in [6.45, 7) is 0.864. The van der Waals surface area contributed by atoms with Gasteiger partial charge in [0, 0.05) is 6.54 Å². The van der Waals surface area contributed by atoms with E-state index < -0.39 is 0 Å². The third-order valence-corrected chi connectivity index (χ3v) is 2.39. The van der Waals surface area contributed by atoms with Crippen molar-refractivity contribution in [3.63, 3.8) is 0 Å². The van der Waals surface area contributed by atoms with E-state index in [0.29, 0.717) is 5.69 Å². The van der Waals surface area contributed by atoms with Crippen molar-refractivity contribution in [1.29, 1.82) is 5.26 Å². The van der Waals surface area contributed by atoms with Crippen LogP contribution in [0.15, 0.2) is 6.20 Å². The molecule has 2 rings (SSSR count). The molecule has 0 amide bonds. The van der Waals surface area contributed by atoms with Gasteiger partial charge in [-0.3, -0.25) is 0 Å². The molecule has 1 aromatic rings. The van der Waals surface area contributed by atoms with Gasteiger partial charge in [-0.25, -0.2) is 4.68 Å². The predicted octanol–water partition coefficient (Wildman–Crippen LogP) is 0.950. The number of hydrogen-bond donors (Lipinski definition) is 0.